The molecule has 3 heteroatoms. The van der Waals surface area contributed by atoms with E-state index in [4.69, 9.17) is 16.3 Å². The smallest absolute Gasteiger partial charge is 0.0589 e. The van der Waals surface area contributed by atoms with Crippen LogP contribution in [-0.4, -0.2) is 24.9 Å². The summed E-state index contributed by atoms with van der Waals surface area (Å²) in [6.45, 7) is 5.83. The lowest BCUT2D eigenvalue weighted by Crippen LogP contribution is -2.55. The number of ether oxygens (including phenoxy) is 1. The first-order chi connectivity index (χ1) is 8.10. The van der Waals surface area contributed by atoms with E-state index < -0.39 is 0 Å². The molecular weight excluding hydrogens is 236 g/mol. The van der Waals surface area contributed by atoms with Crippen LogP contribution in [0.2, 0.25) is 5.02 Å². The van der Waals surface area contributed by atoms with Crippen molar-refractivity contribution in [3.05, 3.63) is 34.9 Å². The second-order valence-corrected chi connectivity index (χ2v) is 5.63. The van der Waals surface area contributed by atoms with Crippen LogP contribution in [0.25, 0.3) is 0 Å². The summed E-state index contributed by atoms with van der Waals surface area (Å²) in [5.74, 6) is 0.637. The van der Waals surface area contributed by atoms with E-state index in [-0.39, 0.29) is 17.9 Å². The molecule has 1 heterocycles. The fraction of sp³-hybridized carbons (Fsp3) is 0.571. The molecule has 0 aliphatic carbocycles. The fourth-order valence-corrected chi connectivity index (χ4v) is 2.93. The van der Waals surface area contributed by atoms with Crippen LogP contribution in [0.3, 0.4) is 0 Å². The molecule has 0 radical (unpaired) electrons. The molecule has 1 aromatic rings. The highest BCUT2D eigenvalue weighted by Gasteiger charge is 2.47. The molecule has 0 bridgehead atoms. The highest BCUT2D eigenvalue weighted by molar-refractivity contribution is 6.30. The fourth-order valence-electron chi connectivity index (χ4n) is 2.74. The molecule has 1 fully saturated rings. The molecule has 17 heavy (non-hydrogen) atoms. The highest BCUT2D eigenvalue weighted by atomic mass is 35.5. The van der Waals surface area contributed by atoms with E-state index in [1.807, 2.05) is 18.2 Å². The molecule has 2 nitrogen and oxygen atoms in total. The van der Waals surface area contributed by atoms with Gasteiger partial charge in [0, 0.05) is 17.0 Å². The molecule has 1 aromatic carbocycles. The number of rotatable bonds is 4. The molecule has 2 rings (SSSR count). The largest absolute Gasteiger partial charge is 0.396 e. The average Bonchev–Trinajstić information content (AvgIpc) is 2.22. The third kappa shape index (κ3) is 2.22. The molecule has 1 aliphatic heterocycles. The Morgan fingerprint density at radius 3 is 2.53 bits per heavy atom. The zero-order valence-corrected chi connectivity index (χ0v) is 11.1. The predicted molar refractivity (Wildman–Crippen MR) is 69.4 cm³/mol. The molecule has 1 atom stereocenters. The Morgan fingerprint density at radius 1 is 1.41 bits per heavy atom. The monoisotopic (exact) mass is 254 g/mol. The van der Waals surface area contributed by atoms with Gasteiger partial charge in [-0.05, 0) is 29.5 Å². The van der Waals surface area contributed by atoms with E-state index in [0.29, 0.717) is 19.1 Å². The van der Waals surface area contributed by atoms with Crippen LogP contribution in [0.4, 0.5) is 0 Å². The summed E-state index contributed by atoms with van der Waals surface area (Å²) in [5.41, 5.74) is 1.12. The molecule has 1 aliphatic rings. The van der Waals surface area contributed by atoms with Gasteiger partial charge in [0.05, 0.1) is 13.2 Å². The highest BCUT2D eigenvalue weighted by Crippen LogP contribution is 2.43. The first kappa shape index (κ1) is 12.9. The Morgan fingerprint density at radius 2 is 2.12 bits per heavy atom. The molecule has 1 unspecified atom stereocenters. The number of hydrogen-bond donors (Lipinski definition) is 1. The number of aliphatic hydroxyl groups excluding tert-OH is 1. The lowest BCUT2D eigenvalue weighted by Gasteiger charge is -2.48. The molecule has 1 saturated heterocycles. The van der Waals surface area contributed by atoms with Gasteiger partial charge in [-0.25, -0.2) is 0 Å². The van der Waals surface area contributed by atoms with Gasteiger partial charge in [0.25, 0.3) is 0 Å². The SMILES string of the molecule is CC(C)C(CO)C1(c2cccc(Cl)c2)COC1. The Balaban J connectivity index is 2.37. The normalized spacial score (nSPS) is 20.1. The summed E-state index contributed by atoms with van der Waals surface area (Å²) in [6.07, 6.45) is 0. The third-order valence-corrected chi connectivity index (χ3v) is 4.07. The first-order valence-electron chi connectivity index (χ1n) is 6.05. The zero-order chi connectivity index (χ0) is 12.5. The van der Waals surface area contributed by atoms with Gasteiger partial charge in [0.1, 0.15) is 0 Å². The van der Waals surface area contributed by atoms with Gasteiger partial charge < -0.3 is 9.84 Å². The Bertz CT molecular complexity index is 386. The summed E-state index contributed by atoms with van der Waals surface area (Å²) >= 11 is 6.06. The minimum Gasteiger partial charge on any atom is -0.396 e. The van der Waals surface area contributed by atoms with Crippen LogP contribution in [0, 0.1) is 11.8 Å². The molecule has 1 N–H and O–H groups in total. The molecule has 0 spiro atoms. The first-order valence-corrected chi connectivity index (χ1v) is 6.42. The summed E-state index contributed by atoms with van der Waals surface area (Å²) in [4.78, 5) is 0. The van der Waals surface area contributed by atoms with Gasteiger partial charge in [-0.3, -0.25) is 0 Å². The zero-order valence-electron chi connectivity index (χ0n) is 10.3. The van der Waals surface area contributed by atoms with Crippen molar-refractivity contribution < 1.29 is 9.84 Å². The van der Waals surface area contributed by atoms with Crippen LogP contribution in [0.1, 0.15) is 19.4 Å². The predicted octanol–water partition coefficient (Wildman–Crippen LogP) is 2.87. The Hall–Kier alpha value is -0.570. The van der Waals surface area contributed by atoms with Crippen molar-refractivity contribution in [2.75, 3.05) is 19.8 Å². The molecule has 0 saturated carbocycles. The van der Waals surface area contributed by atoms with Crippen LogP contribution in [0.15, 0.2) is 24.3 Å². The van der Waals surface area contributed by atoms with Crippen molar-refractivity contribution in [1.82, 2.24) is 0 Å². The standard InChI is InChI=1S/C14H19ClO2/c1-10(2)13(7-16)14(8-17-9-14)11-4-3-5-12(15)6-11/h3-6,10,13,16H,7-9H2,1-2H3. The minimum atomic E-state index is -0.0617. The Labute approximate surface area is 108 Å². The second-order valence-electron chi connectivity index (χ2n) is 5.19. The molecule has 94 valence electrons. The van der Waals surface area contributed by atoms with Gasteiger partial charge in [-0.2, -0.15) is 0 Å². The topological polar surface area (TPSA) is 29.5 Å². The van der Waals surface area contributed by atoms with Gasteiger partial charge in [0.15, 0.2) is 0 Å². The van der Waals surface area contributed by atoms with Gasteiger partial charge >= 0.3 is 0 Å². The maximum absolute atomic E-state index is 9.64. The summed E-state index contributed by atoms with van der Waals surface area (Å²) in [7, 11) is 0. The quantitative estimate of drug-likeness (QED) is 0.895. The minimum absolute atomic E-state index is 0.0617. The number of halogens is 1. The summed E-state index contributed by atoms with van der Waals surface area (Å²) in [5, 5.41) is 10.4. The number of aliphatic hydroxyl groups is 1. The van der Waals surface area contributed by atoms with Crippen molar-refractivity contribution in [2.45, 2.75) is 19.3 Å². The van der Waals surface area contributed by atoms with E-state index in [0.717, 1.165) is 5.02 Å². The maximum atomic E-state index is 9.64. The number of hydrogen-bond acceptors (Lipinski definition) is 2. The van der Waals surface area contributed by atoms with Crippen LogP contribution >= 0.6 is 11.6 Å². The van der Waals surface area contributed by atoms with Gasteiger partial charge in [-0.15, -0.1) is 0 Å². The van der Waals surface area contributed by atoms with E-state index >= 15 is 0 Å². The van der Waals surface area contributed by atoms with Crippen molar-refractivity contribution in [2.24, 2.45) is 11.8 Å². The second kappa shape index (κ2) is 4.97. The summed E-state index contributed by atoms with van der Waals surface area (Å²) < 4.78 is 5.41. The molecular formula is C14H19ClO2. The molecule has 0 aromatic heterocycles. The Kier molecular flexibility index (Phi) is 3.76. The van der Waals surface area contributed by atoms with Crippen LogP contribution in [-0.2, 0) is 10.2 Å². The van der Waals surface area contributed by atoms with E-state index in [2.05, 4.69) is 19.9 Å². The van der Waals surface area contributed by atoms with E-state index in [1.165, 1.54) is 5.56 Å². The lowest BCUT2D eigenvalue weighted by atomic mass is 9.65. The van der Waals surface area contributed by atoms with Crippen molar-refractivity contribution >= 4 is 11.6 Å². The van der Waals surface area contributed by atoms with Gasteiger partial charge in [0.2, 0.25) is 0 Å². The van der Waals surface area contributed by atoms with Crippen LogP contribution in [0.5, 0.6) is 0 Å². The molecule has 0 amide bonds. The lowest BCUT2D eigenvalue weighted by molar-refractivity contribution is -0.111. The third-order valence-electron chi connectivity index (χ3n) is 3.83. The van der Waals surface area contributed by atoms with Crippen molar-refractivity contribution in [3.8, 4) is 0 Å². The van der Waals surface area contributed by atoms with Gasteiger partial charge in [-0.1, -0.05) is 37.6 Å². The van der Waals surface area contributed by atoms with Crippen molar-refractivity contribution in [1.29, 1.82) is 0 Å². The van der Waals surface area contributed by atoms with E-state index in [1.54, 1.807) is 0 Å². The van der Waals surface area contributed by atoms with Crippen molar-refractivity contribution in [3.63, 3.8) is 0 Å². The number of benzene rings is 1. The van der Waals surface area contributed by atoms with Crippen LogP contribution < -0.4 is 0 Å². The summed E-state index contributed by atoms with van der Waals surface area (Å²) in [6, 6.07) is 7.92. The average molecular weight is 255 g/mol. The maximum Gasteiger partial charge on any atom is 0.0589 e. The van der Waals surface area contributed by atoms with E-state index in [9.17, 15) is 5.11 Å².